The van der Waals surface area contributed by atoms with E-state index in [9.17, 15) is 8.78 Å². The third-order valence-electron chi connectivity index (χ3n) is 3.11. The van der Waals surface area contributed by atoms with Gasteiger partial charge in [0.05, 0.1) is 12.2 Å². The standard InChI is InChI=1S/C15H19F2N5O.HI/c1-10-3-4-13(23-14(16)17)11(7-10)8-19-15(18-2)20-9-12-5-6-21-22-12;/h3-7,14H,8-9H2,1-2H3,(H,21,22)(H2,18,19,20);1H. The number of aliphatic imine (C=N–C) groups is 1. The van der Waals surface area contributed by atoms with Gasteiger partial charge in [0.25, 0.3) is 0 Å². The molecule has 0 amide bonds. The highest BCUT2D eigenvalue weighted by molar-refractivity contribution is 14.0. The molecule has 0 unspecified atom stereocenters. The van der Waals surface area contributed by atoms with E-state index in [-0.39, 0.29) is 29.7 Å². The predicted octanol–water partition coefficient (Wildman–Crippen LogP) is 2.80. The Bertz CT molecular complexity index is 649. The van der Waals surface area contributed by atoms with E-state index >= 15 is 0 Å². The first-order valence-corrected chi connectivity index (χ1v) is 7.05. The van der Waals surface area contributed by atoms with Crippen LogP contribution < -0.4 is 15.4 Å². The summed E-state index contributed by atoms with van der Waals surface area (Å²) in [6.45, 7) is -0.129. The fourth-order valence-electron chi connectivity index (χ4n) is 2.02. The molecule has 0 atom stereocenters. The topological polar surface area (TPSA) is 74.3 Å². The Morgan fingerprint density at radius 1 is 1.29 bits per heavy atom. The monoisotopic (exact) mass is 451 g/mol. The van der Waals surface area contributed by atoms with Gasteiger partial charge in [-0.15, -0.1) is 24.0 Å². The minimum absolute atomic E-state index is 0. The molecule has 0 fully saturated rings. The van der Waals surface area contributed by atoms with Crippen molar-refractivity contribution in [3.05, 3.63) is 47.3 Å². The quantitative estimate of drug-likeness (QED) is 0.359. The highest BCUT2D eigenvalue weighted by atomic mass is 127. The van der Waals surface area contributed by atoms with Gasteiger partial charge in [0, 0.05) is 25.4 Å². The molecule has 0 saturated heterocycles. The van der Waals surface area contributed by atoms with Crippen LogP contribution in [0.3, 0.4) is 0 Å². The molecule has 2 rings (SSSR count). The van der Waals surface area contributed by atoms with E-state index in [4.69, 9.17) is 0 Å². The van der Waals surface area contributed by atoms with Gasteiger partial charge in [-0.2, -0.15) is 13.9 Å². The first-order chi connectivity index (χ1) is 11.1. The molecular formula is C15H20F2IN5O. The lowest BCUT2D eigenvalue weighted by molar-refractivity contribution is -0.0504. The van der Waals surface area contributed by atoms with E-state index in [0.29, 0.717) is 24.6 Å². The molecule has 0 aliphatic carbocycles. The van der Waals surface area contributed by atoms with Gasteiger partial charge in [0.2, 0.25) is 0 Å². The zero-order valence-electron chi connectivity index (χ0n) is 13.3. The third kappa shape index (κ3) is 6.30. The number of aromatic nitrogens is 2. The van der Waals surface area contributed by atoms with Crippen LogP contribution in [-0.4, -0.2) is 29.8 Å². The summed E-state index contributed by atoms with van der Waals surface area (Å²) in [6, 6.07) is 6.91. The van der Waals surface area contributed by atoms with Crippen LogP contribution in [0.5, 0.6) is 5.75 Å². The Morgan fingerprint density at radius 2 is 2.04 bits per heavy atom. The zero-order valence-corrected chi connectivity index (χ0v) is 15.7. The summed E-state index contributed by atoms with van der Waals surface area (Å²) in [7, 11) is 1.63. The molecule has 2 aromatic rings. The second-order valence-electron chi connectivity index (χ2n) is 4.85. The molecule has 0 aliphatic rings. The maximum absolute atomic E-state index is 12.5. The Hall–Kier alpha value is -1.91. The Morgan fingerprint density at radius 3 is 2.67 bits per heavy atom. The molecule has 0 radical (unpaired) electrons. The Balaban J connectivity index is 0.00000288. The zero-order chi connectivity index (χ0) is 16.7. The van der Waals surface area contributed by atoms with E-state index in [1.807, 2.05) is 13.0 Å². The van der Waals surface area contributed by atoms with Crippen LogP contribution in [0.4, 0.5) is 8.78 Å². The normalized spacial score (nSPS) is 11.1. The number of ether oxygens (including phenoxy) is 1. The molecule has 0 bridgehead atoms. The number of alkyl halides is 2. The van der Waals surface area contributed by atoms with Crippen molar-refractivity contribution in [2.24, 2.45) is 4.99 Å². The summed E-state index contributed by atoms with van der Waals surface area (Å²) in [5.74, 6) is 0.700. The van der Waals surface area contributed by atoms with Gasteiger partial charge in [-0.3, -0.25) is 10.1 Å². The number of H-pyrrole nitrogens is 1. The summed E-state index contributed by atoms with van der Waals surface area (Å²) in [4.78, 5) is 4.09. The SMILES string of the molecule is CN=C(NCc1ccn[nH]1)NCc1cc(C)ccc1OC(F)F.I. The van der Waals surface area contributed by atoms with Gasteiger partial charge < -0.3 is 15.4 Å². The van der Waals surface area contributed by atoms with Crippen molar-refractivity contribution >= 4 is 29.9 Å². The summed E-state index contributed by atoms with van der Waals surface area (Å²) < 4.78 is 29.4. The highest BCUT2D eigenvalue weighted by Gasteiger charge is 2.10. The lowest BCUT2D eigenvalue weighted by atomic mass is 10.1. The average molecular weight is 451 g/mol. The fraction of sp³-hybridized carbons (Fsp3) is 0.333. The second-order valence-corrected chi connectivity index (χ2v) is 4.85. The molecule has 0 aliphatic heterocycles. The van der Waals surface area contributed by atoms with E-state index in [2.05, 4.69) is 30.6 Å². The summed E-state index contributed by atoms with van der Waals surface area (Å²) in [5.41, 5.74) is 2.50. The van der Waals surface area contributed by atoms with E-state index in [1.165, 1.54) is 0 Å². The molecule has 9 heteroatoms. The van der Waals surface area contributed by atoms with Crippen LogP contribution >= 0.6 is 24.0 Å². The van der Waals surface area contributed by atoms with Crippen molar-refractivity contribution in [1.82, 2.24) is 20.8 Å². The number of hydrogen-bond donors (Lipinski definition) is 3. The maximum atomic E-state index is 12.5. The molecule has 0 saturated carbocycles. The first-order valence-electron chi connectivity index (χ1n) is 7.05. The van der Waals surface area contributed by atoms with E-state index < -0.39 is 6.61 Å². The molecule has 3 N–H and O–H groups in total. The Kier molecular flexibility index (Phi) is 8.44. The highest BCUT2D eigenvalue weighted by Crippen LogP contribution is 2.21. The number of aryl methyl sites for hydroxylation is 1. The largest absolute Gasteiger partial charge is 0.434 e. The van der Waals surface area contributed by atoms with Gasteiger partial charge in [-0.25, -0.2) is 0 Å². The minimum Gasteiger partial charge on any atom is -0.434 e. The van der Waals surface area contributed by atoms with Crippen molar-refractivity contribution < 1.29 is 13.5 Å². The van der Waals surface area contributed by atoms with Crippen molar-refractivity contribution in [3.8, 4) is 5.75 Å². The van der Waals surface area contributed by atoms with Crippen LogP contribution in [-0.2, 0) is 13.1 Å². The number of benzene rings is 1. The van der Waals surface area contributed by atoms with Crippen LogP contribution in [0.2, 0.25) is 0 Å². The van der Waals surface area contributed by atoms with Gasteiger partial charge in [-0.05, 0) is 19.1 Å². The maximum Gasteiger partial charge on any atom is 0.387 e. The van der Waals surface area contributed by atoms with Crippen molar-refractivity contribution in [2.45, 2.75) is 26.6 Å². The van der Waals surface area contributed by atoms with Crippen LogP contribution in [0.1, 0.15) is 16.8 Å². The van der Waals surface area contributed by atoms with Crippen molar-refractivity contribution in [2.75, 3.05) is 7.05 Å². The van der Waals surface area contributed by atoms with Gasteiger partial charge in [0.15, 0.2) is 5.96 Å². The van der Waals surface area contributed by atoms with Crippen molar-refractivity contribution in [1.29, 1.82) is 0 Å². The minimum atomic E-state index is -2.85. The predicted molar refractivity (Wildman–Crippen MR) is 98.9 cm³/mol. The van der Waals surface area contributed by atoms with Crippen LogP contribution in [0, 0.1) is 6.92 Å². The first kappa shape index (κ1) is 20.1. The fourth-order valence-corrected chi connectivity index (χ4v) is 2.02. The summed E-state index contributed by atoms with van der Waals surface area (Å²) in [6.07, 6.45) is 1.66. The third-order valence-corrected chi connectivity index (χ3v) is 3.11. The number of aromatic amines is 1. The number of guanidine groups is 1. The number of nitrogens with zero attached hydrogens (tertiary/aromatic N) is 2. The molecule has 1 aromatic carbocycles. The lowest BCUT2D eigenvalue weighted by Crippen LogP contribution is -2.36. The number of halogens is 3. The molecule has 1 heterocycles. The smallest absolute Gasteiger partial charge is 0.387 e. The van der Waals surface area contributed by atoms with Gasteiger partial charge in [0.1, 0.15) is 5.75 Å². The van der Waals surface area contributed by atoms with E-state index in [0.717, 1.165) is 11.3 Å². The van der Waals surface area contributed by atoms with Gasteiger partial charge >= 0.3 is 6.61 Å². The van der Waals surface area contributed by atoms with Gasteiger partial charge in [-0.1, -0.05) is 17.7 Å². The lowest BCUT2D eigenvalue weighted by Gasteiger charge is -2.15. The molecule has 0 spiro atoms. The molecule has 1 aromatic heterocycles. The molecule has 6 nitrogen and oxygen atoms in total. The number of rotatable bonds is 6. The van der Waals surface area contributed by atoms with E-state index in [1.54, 1.807) is 31.4 Å². The second kappa shape index (κ2) is 10.1. The average Bonchev–Trinajstić information content (AvgIpc) is 3.03. The molecule has 24 heavy (non-hydrogen) atoms. The van der Waals surface area contributed by atoms with Crippen LogP contribution in [0.25, 0.3) is 0 Å². The summed E-state index contributed by atoms with van der Waals surface area (Å²) >= 11 is 0. The van der Waals surface area contributed by atoms with Crippen LogP contribution in [0.15, 0.2) is 35.5 Å². The molecule has 132 valence electrons. The number of nitrogens with one attached hydrogen (secondary N) is 3. The van der Waals surface area contributed by atoms with Crippen molar-refractivity contribution in [3.63, 3.8) is 0 Å². The Labute approximate surface area is 156 Å². The molecular weight excluding hydrogens is 431 g/mol. The number of hydrogen-bond acceptors (Lipinski definition) is 3. The summed E-state index contributed by atoms with van der Waals surface area (Å²) in [5, 5.41) is 12.8.